The molecule has 0 aromatic rings. The number of alkyl halides is 2. The SMILES string of the molecule is CC(C)(C)OC(=O)CCNCC(F)F. The molecule has 0 amide bonds. The minimum absolute atomic E-state index is 0.115. The van der Waals surface area contributed by atoms with E-state index in [4.69, 9.17) is 4.74 Å². The fourth-order valence-corrected chi connectivity index (χ4v) is 0.794. The van der Waals surface area contributed by atoms with Gasteiger partial charge in [0.2, 0.25) is 0 Å². The van der Waals surface area contributed by atoms with Crippen LogP contribution in [0.2, 0.25) is 0 Å². The molecule has 3 nitrogen and oxygen atoms in total. The van der Waals surface area contributed by atoms with Gasteiger partial charge in [-0.05, 0) is 20.8 Å². The van der Waals surface area contributed by atoms with Crippen LogP contribution in [0.3, 0.4) is 0 Å². The van der Waals surface area contributed by atoms with Crippen LogP contribution < -0.4 is 5.32 Å². The molecule has 0 atom stereocenters. The van der Waals surface area contributed by atoms with E-state index >= 15 is 0 Å². The minimum atomic E-state index is -2.38. The Morgan fingerprint density at radius 2 is 2.00 bits per heavy atom. The molecule has 0 aliphatic rings. The number of rotatable bonds is 5. The summed E-state index contributed by atoms with van der Waals surface area (Å²) < 4.78 is 28.3. The lowest BCUT2D eigenvalue weighted by molar-refractivity contribution is -0.154. The number of carbonyl (C=O) groups excluding carboxylic acids is 1. The fourth-order valence-electron chi connectivity index (χ4n) is 0.794. The summed E-state index contributed by atoms with van der Waals surface area (Å²) >= 11 is 0. The van der Waals surface area contributed by atoms with E-state index in [1.54, 1.807) is 20.8 Å². The standard InChI is InChI=1S/C9H17F2NO2/c1-9(2,3)14-8(13)4-5-12-6-7(10)11/h7,12H,4-6H2,1-3H3. The number of ether oxygens (including phenoxy) is 1. The molecule has 0 rings (SSSR count). The first-order valence-corrected chi connectivity index (χ1v) is 4.52. The Morgan fingerprint density at radius 1 is 1.43 bits per heavy atom. The van der Waals surface area contributed by atoms with E-state index in [9.17, 15) is 13.6 Å². The Bertz CT molecular complexity index is 178. The summed E-state index contributed by atoms with van der Waals surface area (Å²) in [4.78, 5) is 11.1. The number of hydrogen-bond donors (Lipinski definition) is 1. The van der Waals surface area contributed by atoms with Crippen molar-refractivity contribution in [1.29, 1.82) is 0 Å². The van der Waals surface area contributed by atoms with Crippen molar-refractivity contribution in [2.24, 2.45) is 0 Å². The van der Waals surface area contributed by atoms with Crippen LogP contribution in [-0.4, -0.2) is 31.1 Å². The summed E-state index contributed by atoms with van der Waals surface area (Å²) in [5.41, 5.74) is -0.514. The van der Waals surface area contributed by atoms with E-state index in [-0.39, 0.29) is 25.5 Å². The first-order valence-electron chi connectivity index (χ1n) is 4.52. The zero-order valence-electron chi connectivity index (χ0n) is 8.77. The Morgan fingerprint density at radius 3 is 2.43 bits per heavy atom. The summed E-state index contributed by atoms with van der Waals surface area (Å²) in [6.45, 7) is 5.12. The van der Waals surface area contributed by atoms with Crippen LogP contribution in [-0.2, 0) is 9.53 Å². The molecule has 1 N–H and O–H groups in total. The zero-order chi connectivity index (χ0) is 11.2. The predicted molar refractivity (Wildman–Crippen MR) is 49.3 cm³/mol. The molecule has 5 heteroatoms. The molecule has 0 heterocycles. The molecule has 0 spiro atoms. The van der Waals surface area contributed by atoms with Gasteiger partial charge in [-0.3, -0.25) is 4.79 Å². The number of carbonyl (C=O) groups is 1. The van der Waals surface area contributed by atoms with Crippen molar-refractivity contribution in [3.63, 3.8) is 0 Å². The molecule has 14 heavy (non-hydrogen) atoms. The average Bonchev–Trinajstić information content (AvgIpc) is 1.94. The Balaban J connectivity index is 3.46. The van der Waals surface area contributed by atoms with E-state index < -0.39 is 12.0 Å². The number of halogens is 2. The lowest BCUT2D eigenvalue weighted by atomic mass is 10.2. The highest BCUT2D eigenvalue weighted by atomic mass is 19.3. The van der Waals surface area contributed by atoms with Crippen molar-refractivity contribution in [3.05, 3.63) is 0 Å². The second-order valence-corrected chi connectivity index (χ2v) is 3.93. The van der Waals surface area contributed by atoms with Crippen LogP contribution in [0, 0.1) is 0 Å². The Labute approximate surface area is 82.8 Å². The van der Waals surface area contributed by atoms with Gasteiger partial charge < -0.3 is 10.1 Å². The number of hydrogen-bond acceptors (Lipinski definition) is 3. The molecular formula is C9H17F2NO2. The van der Waals surface area contributed by atoms with E-state index in [1.807, 2.05) is 0 Å². The zero-order valence-corrected chi connectivity index (χ0v) is 8.77. The highest BCUT2D eigenvalue weighted by Gasteiger charge is 2.15. The average molecular weight is 209 g/mol. The molecule has 0 fully saturated rings. The van der Waals surface area contributed by atoms with E-state index in [2.05, 4.69) is 5.32 Å². The molecule has 0 radical (unpaired) electrons. The summed E-state index contributed by atoms with van der Waals surface area (Å²) in [6.07, 6.45) is -2.27. The molecule has 0 aromatic heterocycles. The number of nitrogens with one attached hydrogen (secondary N) is 1. The molecule has 0 aromatic carbocycles. The van der Waals surface area contributed by atoms with Crippen LogP contribution in [0.1, 0.15) is 27.2 Å². The van der Waals surface area contributed by atoms with Crippen molar-refractivity contribution in [2.75, 3.05) is 13.1 Å². The maximum atomic E-state index is 11.7. The van der Waals surface area contributed by atoms with Crippen LogP contribution in [0.5, 0.6) is 0 Å². The third kappa shape index (κ3) is 9.38. The van der Waals surface area contributed by atoms with Gasteiger partial charge in [0.05, 0.1) is 13.0 Å². The van der Waals surface area contributed by atoms with Gasteiger partial charge in [-0.1, -0.05) is 0 Å². The third-order valence-corrected chi connectivity index (χ3v) is 1.22. The van der Waals surface area contributed by atoms with Crippen LogP contribution in [0.4, 0.5) is 8.78 Å². The molecule has 0 saturated carbocycles. The largest absolute Gasteiger partial charge is 0.460 e. The maximum Gasteiger partial charge on any atom is 0.307 e. The minimum Gasteiger partial charge on any atom is -0.460 e. The molecule has 0 unspecified atom stereocenters. The van der Waals surface area contributed by atoms with Crippen molar-refractivity contribution in [3.8, 4) is 0 Å². The van der Waals surface area contributed by atoms with E-state index in [0.29, 0.717) is 0 Å². The first-order chi connectivity index (χ1) is 6.31. The van der Waals surface area contributed by atoms with Crippen molar-refractivity contribution >= 4 is 5.97 Å². The van der Waals surface area contributed by atoms with E-state index in [0.717, 1.165) is 0 Å². The van der Waals surface area contributed by atoms with Gasteiger partial charge in [0.1, 0.15) is 5.60 Å². The van der Waals surface area contributed by atoms with Crippen molar-refractivity contribution < 1.29 is 18.3 Å². The van der Waals surface area contributed by atoms with Gasteiger partial charge in [-0.25, -0.2) is 8.78 Å². The lowest BCUT2D eigenvalue weighted by Crippen LogP contribution is -2.28. The van der Waals surface area contributed by atoms with Crippen LogP contribution in [0.15, 0.2) is 0 Å². The van der Waals surface area contributed by atoms with Gasteiger partial charge in [-0.15, -0.1) is 0 Å². The van der Waals surface area contributed by atoms with Gasteiger partial charge in [-0.2, -0.15) is 0 Å². The van der Waals surface area contributed by atoms with Gasteiger partial charge >= 0.3 is 5.97 Å². The number of esters is 1. The second kappa shape index (κ2) is 5.90. The monoisotopic (exact) mass is 209 g/mol. The smallest absolute Gasteiger partial charge is 0.307 e. The fraction of sp³-hybridized carbons (Fsp3) is 0.889. The van der Waals surface area contributed by atoms with Crippen molar-refractivity contribution in [2.45, 2.75) is 39.2 Å². The molecular weight excluding hydrogens is 192 g/mol. The topological polar surface area (TPSA) is 38.3 Å². The van der Waals surface area contributed by atoms with E-state index in [1.165, 1.54) is 0 Å². The third-order valence-electron chi connectivity index (χ3n) is 1.22. The lowest BCUT2D eigenvalue weighted by Gasteiger charge is -2.19. The molecule has 0 saturated heterocycles. The molecule has 0 bridgehead atoms. The summed E-state index contributed by atoms with van der Waals surface area (Å²) in [7, 11) is 0. The van der Waals surface area contributed by atoms with Gasteiger partial charge in [0, 0.05) is 6.54 Å². The normalized spacial score (nSPS) is 11.9. The molecule has 84 valence electrons. The van der Waals surface area contributed by atoms with Gasteiger partial charge in [0.25, 0.3) is 6.43 Å². The Hall–Kier alpha value is -0.710. The highest BCUT2D eigenvalue weighted by molar-refractivity contribution is 5.70. The molecule has 0 aliphatic carbocycles. The second-order valence-electron chi connectivity index (χ2n) is 3.93. The summed E-state index contributed by atoms with van der Waals surface area (Å²) in [5, 5.41) is 2.45. The molecule has 0 aliphatic heterocycles. The highest BCUT2D eigenvalue weighted by Crippen LogP contribution is 2.07. The van der Waals surface area contributed by atoms with Crippen molar-refractivity contribution in [1.82, 2.24) is 5.32 Å². The predicted octanol–water partition coefficient (Wildman–Crippen LogP) is 1.57. The quantitative estimate of drug-likeness (QED) is 0.551. The van der Waals surface area contributed by atoms with Crippen LogP contribution >= 0.6 is 0 Å². The van der Waals surface area contributed by atoms with Crippen LogP contribution in [0.25, 0.3) is 0 Å². The summed E-state index contributed by atoms with van der Waals surface area (Å²) in [5.74, 6) is -0.376. The maximum absolute atomic E-state index is 11.7. The summed E-state index contributed by atoms with van der Waals surface area (Å²) in [6, 6.07) is 0. The first kappa shape index (κ1) is 13.3. The Kier molecular flexibility index (Phi) is 5.60. The van der Waals surface area contributed by atoms with Gasteiger partial charge in [0.15, 0.2) is 0 Å².